The van der Waals surface area contributed by atoms with Crippen LogP contribution in [-0.4, -0.2) is 55.2 Å². The summed E-state index contributed by atoms with van der Waals surface area (Å²) in [6, 6.07) is -0.163. The molecule has 7 nitrogen and oxygen atoms in total. The van der Waals surface area contributed by atoms with Crippen molar-refractivity contribution in [2.24, 2.45) is 0 Å². The molecule has 104 valence electrons. The number of carboxylic acid groups (broad SMARTS) is 1. The van der Waals surface area contributed by atoms with E-state index in [-0.39, 0.29) is 11.8 Å². The molecule has 0 spiro atoms. The Morgan fingerprint density at radius 2 is 1.89 bits per heavy atom. The summed E-state index contributed by atoms with van der Waals surface area (Å²) in [4.78, 5) is 23.3. The summed E-state index contributed by atoms with van der Waals surface area (Å²) in [5.74, 6) is -1.53. The van der Waals surface area contributed by atoms with Gasteiger partial charge in [0.25, 0.3) is 0 Å². The Morgan fingerprint density at radius 1 is 1.33 bits per heavy atom. The number of carbonyl (C=O) groups excluding carboxylic acids is 1. The van der Waals surface area contributed by atoms with Gasteiger partial charge >= 0.3 is 5.97 Å². The van der Waals surface area contributed by atoms with Gasteiger partial charge in [0, 0.05) is 19.1 Å². The number of carboxylic acids is 1. The second-order valence-electron chi connectivity index (χ2n) is 4.25. The molecule has 1 rings (SSSR count). The monoisotopic (exact) mass is 278 g/mol. The molecule has 2 N–H and O–H groups in total. The summed E-state index contributed by atoms with van der Waals surface area (Å²) in [7, 11) is -3.22. The third-order valence-corrected chi connectivity index (χ3v) is 4.33. The lowest BCUT2D eigenvalue weighted by molar-refractivity contribution is -0.144. The first-order valence-corrected chi connectivity index (χ1v) is 7.49. The zero-order valence-corrected chi connectivity index (χ0v) is 11.1. The van der Waals surface area contributed by atoms with Gasteiger partial charge in [-0.15, -0.1) is 0 Å². The molecule has 1 saturated heterocycles. The molecule has 0 aliphatic carbocycles. The van der Waals surface area contributed by atoms with E-state index in [1.807, 2.05) is 0 Å². The Hall–Kier alpha value is -1.15. The third kappa shape index (κ3) is 4.61. The Morgan fingerprint density at radius 3 is 2.33 bits per heavy atom. The number of sulfonamides is 1. The summed E-state index contributed by atoms with van der Waals surface area (Å²) < 4.78 is 25.3. The van der Waals surface area contributed by atoms with Crippen molar-refractivity contribution < 1.29 is 23.1 Å². The Kier molecular flexibility index (Phi) is 5.09. The molecule has 0 aromatic rings. The first-order chi connectivity index (χ1) is 8.34. The minimum Gasteiger partial charge on any atom is -0.481 e. The largest absolute Gasteiger partial charge is 0.481 e. The molecule has 0 aromatic heterocycles. The summed E-state index contributed by atoms with van der Waals surface area (Å²) in [6.45, 7) is 2.35. The van der Waals surface area contributed by atoms with Crippen molar-refractivity contribution >= 4 is 21.9 Å². The fourth-order valence-corrected chi connectivity index (χ4v) is 2.74. The molecule has 0 bridgehead atoms. The Bertz CT molecular complexity index is 412. The number of amides is 1. The average Bonchev–Trinajstić information content (AvgIpc) is 2.28. The molecule has 1 fully saturated rings. The van der Waals surface area contributed by atoms with E-state index in [4.69, 9.17) is 5.11 Å². The number of likely N-dealkylation sites (tertiary alicyclic amines) is 1. The predicted octanol–water partition coefficient (Wildman–Crippen LogP) is -0.609. The fourth-order valence-electron chi connectivity index (χ4n) is 1.83. The number of nitrogens with one attached hydrogen (secondary N) is 1. The second-order valence-corrected chi connectivity index (χ2v) is 6.29. The highest BCUT2D eigenvalue weighted by atomic mass is 32.2. The minimum absolute atomic E-state index is 0.0329. The zero-order valence-electron chi connectivity index (χ0n) is 10.3. The maximum atomic E-state index is 11.5. The average molecular weight is 278 g/mol. The molecule has 0 saturated carbocycles. The molecular formula is C10H18N2O5S. The van der Waals surface area contributed by atoms with E-state index in [9.17, 15) is 18.0 Å². The van der Waals surface area contributed by atoms with Gasteiger partial charge in [-0.3, -0.25) is 9.59 Å². The van der Waals surface area contributed by atoms with Crippen molar-refractivity contribution in [3.63, 3.8) is 0 Å². The van der Waals surface area contributed by atoms with Crippen molar-refractivity contribution in [3.8, 4) is 0 Å². The van der Waals surface area contributed by atoms with Crippen LogP contribution in [0.3, 0.4) is 0 Å². The van der Waals surface area contributed by atoms with Crippen LogP contribution < -0.4 is 4.72 Å². The molecule has 0 atom stereocenters. The second kappa shape index (κ2) is 6.14. The lowest BCUT2D eigenvalue weighted by Crippen LogP contribution is -2.47. The maximum Gasteiger partial charge on any atom is 0.312 e. The van der Waals surface area contributed by atoms with Crippen LogP contribution in [0.1, 0.15) is 26.2 Å². The van der Waals surface area contributed by atoms with Crippen LogP contribution in [0.25, 0.3) is 0 Å². The van der Waals surface area contributed by atoms with Crippen LogP contribution in [0.2, 0.25) is 0 Å². The van der Waals surface area contributed by atoms with Gasteiger partial charge in [-0.2, -0.15) is 0 Å². The first-order valence-electron chi connectivity index (χ1n) is 5.83. The molecule has 1 aliphatic heterocycles. The molecule has 18 heavy (non-hydrogen) atoms. The van der Waals surface area contributed by atoms with E-state index < -0.39 is 28.3 Å². The van der Waals surface area contributed by atoms with Crippen molar-refractivity contribution in [3.05, 3.63) is 0 Å². The molecule has 0 aromatic carbocycles. The van der Waals surface area contributed by atoms with Gasteiger partial charge in [0.2, 0.25) is 15.9 Å². The Labute approximate surface area is 106 Å². The Balaban J connectivity index is 2.42. The lowest BCUT2D eigenvalue weighted by Gasteiger charge is -2.31. The number of aliphatic carboxylic acids is 1. The number of rotatable bonds is 5. The number of carbonyl (C=O) groups is 2. The number of nitrogens with zero attached hydrogens (tertiary/aromatic N) is 1. The van der Waals surface area contributed by atoms with Crippen LogP contribution in [0.15, 0.2) is 0 Å². The number of hydrogen-bond donors (Lipinski definition) is 2. The normalized spacial score (nSPS) is 17.7. The quantitative estimate of drug-likeness (QED) is 0.653. The van der Waals surface area contributed by atoms with E-state index in [1.54, 1.807) is 6.92 Å². The summed E-state index contributed by atoms with van der Waals surface area (Å²) in [5, 5.41) is 8.51. The van der Waals surface area contributed by atoms with E-state index in [1.165, 1.54) is 4.90 Å². The number of piperidine rings is 1. The highest BCUT2D eigenvalue weighted by molar-refractivity contribution is 7.89. The standard InChI is InChI=1S/C10H18N2O5S/c1-2-18(16,17)11-8-3-5-12(6-4-8)9(13)7-10(14)15/h8,11H,2-7H2,1H3,(H,14,15). The summed E-state index contributed by atoms with van der Waals surface area (Å²) >= 11 is 0. The lowest BCUT2D eigenvalue weighted by atomic mass is 10.1. The van der Waals surface area contributed by atoms with Gasteiger partial charge in [-0.05, 0) is 19.8 Å². The molecule has 0 radical (unpaired) electrons. The molecular weight excluding hydrogens is 260 g/mol. The van der Waals surface area contributed by atoms with E-state index in [0.29, 0.717) is 25.9 Å². The van der Waals surface area contributed by atoms with Gasteiger partial charge in [0.05, 0.1) is 5.75 Å². The topological polar surface area (TPSA) is 104 Å². The highest BCUT2D eigenvalue weighted by Gasteiger charge is 2.25. The van der Waals surface area contributed by atoms with Crippen molar-refractivity contribution in [2.75, 3.05) is 18.8 Å². The zero-order chi connectivity index (χ0) is 13.8. The van der Waals surface area contributed by atoms with Gasteiger partial charge < -0.3 is 10.0 Å². The molecule has 1 aliphatic rings. The van der Waals surface area contributed by atoms with Crippen molar-refractivity contribution in [2.45, 2.75) is 32.2 Å². The predicted molar refractivity (Wildman–Crippen MR) is 64.5 cm³/mol. The van der Waals surface area contributed by atoms with Crippen molar-refractivity contribution in [1.82, 2.24) is 9.62 Å². The molecule has 1 amide bonds. The van der Waals surface area contributed by atoms with Gasteiger partial charge in [-0.1, -0.05) is 0 Å². The summed E-state index contributed by atoms with van der Waals surface area (Å²) in [6.07, 6.45) is 0.528. The van der Waals surface area contributed by atoms with Crippen LogP contribution in [0.4, 0.5) is 0 Å². The fraction of sp³-hybridized carbons (Fsp3) is 0.800. The van der Waals surface area contributed by atoms with Crippen LogP contribution >= 0.6 is 0 Å². The molecule has 0 unspecified atom stereocenters. The SMILES string of the molecule is CCS(=O)(=O)NC1CCN(C(=O)CC(=O)O)CC1. The molecule has 1 heterocycles. The van der Waals surface area contributed by atoms with Crippen LogP contribution in [-0.2, 0) is 19.6 Å². The van der Waals surface area contributed by atoms with E-state index >= 15 is 0 Å². The van der Waals surface area contributed by atoms with Gasteiger partial charge in [0.1, 0.15) is 6.42 Å². The van der Waals surface area contributed by atoms with Crippen LogP contribution in [0.5, 0.6) is 0 Å². The van der Waals surface area contributed by atoms with E-state index in [0.717, 1.165) is 0 Å². The van der Waals surface area contributed by atoms with Gasteiger partial charge in [0.15, 0.2) is 0 Å². The van der Waals surface area contributed by atoms with Crippen LogP contribution in [0, 0.1) is 0 Å². The minimum atomic E-state index is -3.22. The van der Waals surface area contributed by atoms with Gasteiger partial charge in [-0.25, -0.2) is 13.1 Å². The molecule has 8 heteroatoms. The first kappa shape index (κ1) is 14.9. The van der Waals surface area contributed by atoms with E-state index in [2.05, 4.69) is 4.72 Å². The maximum absolute atomic E-state index is 11.5. The highest BCUT2D eigenvalue weighted by Crippen LogP contribution is 2.12. The third-order valence-electron chi connectivity index (χ3n) is 2.88. The number of hydrogen-bond acceptors (Lipinski definition) is 4. The van der Waals surface area contributed by atoms with Crippen molar-refractivity contribution in [1.29, 1.82) is 0 Å². The summed E-state index contributed by atoms with van der Waals surface area (Å²) in [5.41, 5.74) is 0. The smallest absolute Gasteiger partial charge is 0.312 e.